The predicted octanol–water partition coefficient (Wildman–Crippen LogP) is 1.89. The highest BCUT2D eigenvalue weighted by atomic mass is 19.1. The van der Waals surface area contributed by atoms with E-state index in [-0.39, 0.29) is 17.9 Å². The third-order valence-corrected chi connectivity index (χ3v) is 2.20. The molecule has 0 spiro atoms. The van der Waals surface area contributed by atoms with Gasteiger partial charge in [0, 0.05) is 12.3 Å². The van der Waals surface area contributed by atoms with Crippen molar-refractivity contribution >= 4 is 5.97 Å². The SMILES string of the molecule is O=C(O)c1cncnc1COc1cccc(F)c1. The molecule has 1 heterocycles. The van der Waals surface area contributed by atoms with Gasteiger partial charge in [-0.15, -0.1) is 0 Å². The van der Waals surface area contributed by atoms with Gasteiger partial charge in [-0.1, -0.05) is 6.07 Å². The van der Waals surface area contributed by atoms with Gasteiger partial charge in [-0.25, -0.2) is 19.2 Å². The summed E-state index contributed by atoms with van der Waals surface area (Å²) in [5.74, 6) is -1.24. The number of hydrogen-bond acceptors (Lipinski definition) is 4. The van der Waals surface area contributed by atoms with Crippen molar-refractivity contribution in [3.63, 3.8) is 0 Å². The molecule has 2 rings (SSSR count). The van der Waals surface area contributed by atoms with Crippen LogP contribution < -0.4 is 4.74 Å². The Balaban J connectivity index is 2.13. The zero-order chi connectivity index (χ0) is 13.0. The highest BCUT2D eigenvalue weighted by Crippen LogP contribution is 2.14. The molecular formula is C12H9FN2O3. The fraction of sp³-hybridized carbons (Fsp3) is 0.0833. The normalized spacial score (nSPS) is 10.1. The summed E-state index contributed by atoms with van der Waals surface area (Å²) >= 11 is 0. The van der Waals surface area contributed by atoms with Gasteiger partial charge in [-0.3, -0.25) is 0 Å². The summed E-state index contributed by atoms with van der Waals surface area (Å²) in [6, 6.07) is 5.58. The molecule has 0 saturated heterocycles. The Morgan fingerprint density at radius 1 is 1.44 bits per heavy atom. The molecule has 1 aromatic carbocycles. The molecule has 2 aromatic rings. The molecular weight excluding hydrogens is 239 g/mol. The van der Waals surface area contributed by atoms with E-state index in [1.807, 2.05) is 0 Å². The number of hydrogen-bond donors (Lipinski definition) is 1. The standard InChI is InChI=1S/C12H9FN2O3/c13-8-2-1-3-9(4-8)18-6-11-10(12(16)17)5-14-7-15-11/h1-5,7H,6H2,(H,16,17). The van der Waals surface area contributed by atoms with E-state index in [9.17, 15) is 9.18 Å². The van der Waals surface area contributed by atoms with Gasteiger partial charge in [0.1, 0.15) is 30.1 Å². The molecule has 0 radical (unpaired) electrons. The fourth-order valence-electron chi connectivity index (χ4n) is 1.36. The third kappa shape index (κ3) is 2.79. The lowest BCUT2D eigenvalue weighted by Crippen LogP contribution is -2.08. The number of nitrogens with zero attached hydrogens (tertiary/aromatic N) is 2. The molecule has 0 atom stereocenters. The Labute approximate surface area is 102 Å². The first-order chi connectivity index (χ1) is 8.66. The van der Waals surface area contributed by atoms with Crippen molar-refractivity contribution in [3.05, 3.63) is 53.9 Å². The maximum atomic E-state index is 12.9. The summed E-state index contributed by atoms with van der Waals surface area (Å²) in [6.45, 7) is -0.0619. The topological polar surface area (TPSA) is 72.3 Å². The first kappa shape index (κ1) is 12.0. The van der Waals surface area contributed by atoms with Gasteiger partial charge in [0.15, 0.2) is 0 Å². The molecule has 0 aliphatic rings. The molecule has 1 N–H and O–H groups in total. The second kappa shape index (κ2) is 5.22. The van der Waals surface area contributed by atoms with E-state index >= 15 is 0 Å². The molecule has 5 nitrogen and oxygen atoms in total. The van der Waals surface area contributed by atoms with Crippen molar-refractivity contribution in [2.24, 2.45) is 0 Å². The van der Waals surface area contributed by atoms with Crippen LogP contribution >= 0.6 is 0 Å². The van der Waals surface area contributed by atoms with Gasteiger partial charge in [0.25, 0.3) is 0 Å². The minimum Gasteiger partial charge on any atom is -0.487 e. The number of carboxylic acids is 1. The smallest absolute Gasteiger partial charge is 0.339 e. The Bertz CT molecular complexity index is 575. The first-order valence-corrected chi connectivity index (χ1v) is 5.07. The lowest BCUT2D eigenvalue weighted by Gasteiger charge is -2.07. The third-order valence-electron chi connectivity index (χ3n) is 2.20. The van der Waals surface area contributed by atoms with E-state index in [0.717, 1.165) is 0 Å². The average Bonchev–Trinajstić information content (AvgIpc) is 2.37. The van der Waals surface area contributed by atoms with Crippen LogP contribution in [0.15, 0.2) is 36.8 Å². The number of benzene rings is 1. The fourth-order valence-corrected chi connectivity index (χ4v) is 1.36. The van der Waals surface area contributed by atoms with Crippen LogP contribution in [0.4, 0.5) is 4.39 Å². The Morgan fingerprint density at radius 3 is 3.00 bits per heavy atom. The number of halogens is 1. The summed E-state index contributed by atoms with van der Waals surface area (Å²) in [6.07, 6.45) is 2.43. The van der Waals surface area contributed by atoms with Crippen LogP contribution in [0, 0.1) is 5.82 Å². The van der Waals surface area contributed by atoms with Crippen molar-refractivity contribution in [2.45, 2.75) is 6.61 Å². The average molecular weight is 248 g/mol. The number of carbonyl (C=O) groups is 1. The lowest BCUT2D eigenvalue weighted by atomic mass is 10.2. The monoisotopic (exact) mass is 248 g/mol. The van der Waals surface area contributed by atoms with Crippen molar-refractivity contribution in [1.29, 1.82) is 0 Å². The molecule has 0 unspecified atom stereocenters. The summed E-state index contributed by atoms with van der Waals surface area (Å²) < 4.78 is 18.2. The largest absolute Gasteiger partial charge is 0.487 e. The molecule has 0 bridgehead atoms. The van der Waals surface area contributed by atoms with E-state index in [2.05, 4.69) is 9.97 Å². The zero-order valence-electron chi connectivity index (χ0n) is 9.21. The van der Waals surface area contributed by atoms with Crippen LogP contribution in [0.1, 0.15) is 16.1 Å². The van der Waals surface area contributed by atoms with E-state index in [0.29, 0.717) is 5.75 Å². The van der Waals surface area contributed by atoms with E-state index in [4.69, 9.17) is 9.84 Å². The maximum absolute atomic E-state index is 12.9. The van der Waals surface area contributed by atoms with Crippen LogP contribution in [-0.4, -0.2) is 21.0 Å². The van der Waals surface area contributed by atoms with Crippen molar-refractivity contribution in [1.82, 2.24) is 9.97 Å². The van der Waals surface area contributed by atoms with E-state index in [1.54, 1.807) is 6.07 Å². The number of aromatic carboxylic acids is 1. The van der Waals surface area contributed by atoms with Gasteiger partial charge in [0.05, 0.1) is 5.69 Å². The van der Waals surface area contributed by atoms with Gasteiger partial charge in [-0.05, 0) is 12.1 Å². The van der Waals surface area contributed by atoms with Crippen LogP contribution in [0.3, 0.4) is 0 Å². The molecule has 0 fully saturated rings. The molecule has 92 valence electrons. The first-order valence-electron chi connectivity index (χ1n) is 5.07. The quantitative estimate of drug-likeness (QED) is 0.894. The van der Waals surface area contributed by atoms with Crippen LogP contribution in [0.2, 0.25) is 0 Å². The molecule has 0 amide bonds. The molecule has 0 aliphatic heterocycles. The Morgan fingerprint density at radius 2 is 2.28 bits per heavy atom. The number of rotatable bonds is 4. The second-order valence-corrected chi connectivity index (χ2v) is 3.43. The summed E-state index contributed by atoms with van der Waals surface area (Å²) in [5, 5.41) is 8.91. The van der Waals surface area contributed by atoms with Crippen molar-refractivity contribution in [2.75, 3.05) is 0 Å². The van der Waals surface area contributed by atoms with Gasteiger partial charge in [0.2, 0.25) is 0 Å². The molecule has 1 aromatic heterocycles. The number of carboxylic acid groups (broad SMARTS) is 1. The van der Waals surface area contributed by atoms with Crippen LogP contribution in [0.25, 0.3) is 0 Å². The molecule has 6 heteroatoms. The highest BCUT2D eigenvalue weighted by molar-refractivity contribution is 5.88. The molecule has 0 saturated carbocycles. The minimum absolute atomic E-state index is 0.0334. The number of aromatic nitrogens is 2. The van der Waals surface area contributed by atoms with Gasteiger partial charge >= 0.3 is 5.97 Å². The lowest BCUT2D eigenvalue weighted by molar-refractivity contribution is 0.0692. The second-order valence-electron chi connectivity index (χ2n) is 3.43. The predicted molar refractivity (Wildman–Crippen MR) is 59.7 cm³/mol. The maximum Gasteiger partial charge on any atom is 0.339 e. The van der Waals surface area contributed by atoms with E-state index in [1.165, 1.54) is 30.7 Å². The Kier molecular flexibility index (Phi) is 3.47. The van der Waals surface area contributed by atoms with Crippen LogP contribution in [0.5, 0.6) is 5.75 Å². The van der Waals surface area contributed by atoms with Crippen LogP contribution in [-0.2, 0) is 6.61 Å². The van der Waals surface area contributed by atoms with Gasteiger partial charge < -0.3 is 9.84 Å². The minimum atomic E-state index is -1.13. The summed E-state index contributed by atoms with van der Waals surface area (Å²) in [7, 11) is 0. The molecule has 18 heavy (non-hydrogen) atoms. The zero-order valence-corrected chi connectivity index (χ0v) is 9.21. The van der Waals surface area contributed by atoms with E-state index < -0.39 is 11.8 Å². The van der Waals surface area contributed by atoms with Gasteiger partial charge in [-0.2, -0.15) is 0 Å². The van der Waals surface area contributed by atoms with Crippen molar-refractivity contribution < 1.29 is 19.0 Å². The number of ether oxygens (including phenoxy) is 1. The summed E-state index contributed by atoms with van der Waals surface area (Å²) in [4.78, 5) is 18.3. The Hall–Kier alpha value is -2.50. The molecule has 0 aliphatic carbocycles. The highest BCUT2D eigenvalue weighted by Gasteiger charge is 2.11. The summed E-state index contributed by atoms with van der Waals surface area (Å²) in [5.41, 5.74) is 0.204. The van der Waals surface area contributed by atoms with Crippen molar-refractivity contribution in [3.8, 4) is 5.75 Å².